The van der Waals surface area contributed by atoms with Crippen LogP contribution >= 0.6 is 11.3 Å². The van der Waals surface area contributed by atoms with Crippen LogP contribution in [0.3, 0.4) is 0 Å². The Hall–Kier alpha value is -2.46. The number of thiazole rings is 1. The van der Waals surface area contributed by atoms with Gasteiger partial charge in [0, 0.05) is 10.9 Å². The second kappa shape index (κ2) is 7.20. The van der Waals surface area contributed by atoms with E-state index in [1.807, 2.05) is 11.6 Å². The molecule has 0 radical (unpaired) electrons. The number of hydrogen-bond donors (Lipinski definition) is 1. The van der Waals surface area contributed by atoms with Gasteiger partial charge in [0.15, 0.2) is 0 Å². The van der Waals surface area contributed by atoms with Crippen LogP contribution in [0, 0.1) is 6.92 Å². The van der Waals surface area contributed by atoms with E-state index in [2.05, 4.69) is 77.9 Å². The molecule has 0 saturated heterocycles. The van der Waals surface area contributed by atoms with Crippen molar-refractivity contribution in [2.45, 2.75) is 20.3 Å². The number of nitrogens with zero attached hydrogens (tertiary/aromatic N) is 2. The molecule has 2 aromatic carbocycles. The second-order valence-corrected chi connectivity index (χ2v) is 6.23. The van der Waals surface area contributed by atoms with Crippen molar-refractivity contribution in [3.8, 4) is 11.3 Å². The van der Waals surface area contributed by atoms with E-state index in [9.17, 15) is 0 Å². The van der Waals surface area contributed by atoms with Gasteiger partial charge in [0.25, 0.3) is 0 Å². The van der Waals surface area contributed by atoms with Crippen molar-refractivity contribution >= 4 is 22.7 Å². The fourth-order valence-electron chi connectivity index (χ4n) is 2.18. The van der Waals surface area contributed by atoms with Gasteiger partial charge in [0.1, 0.15) is 0 Å². The van der Waals surface area contributed by atoms with Gasteiger partial charge in [-0.15, -0.1) is 11.3 Å². The fraction of sp³-hybridized carbons (Fsp3) is 0.158. The van der Waals surface area contributed by atoms with E-state index in [1.54, 1.807) is 11.3 Å². The number of rotatable bonds is 5. The molecular formula is C19H19N3S. The van der Waals surface area contributed by atoms with Crippen molar-refractivity contribution in [1.82, 2.24) is 4.98 Å². The maximum atomic E-state index is 4.56. The zero-order valence-corrected chi connectivity index (χ0v) is 14.1. The molecular weight excluding hydrogens is 302 g/mol. The van der Waals surface area contributed by atoms with Crippen LogP contribution < -0.4 is 5.43 Å². The second-order valence-electron chi connectivity index (χ2n) is 5.37. The highest BCUT2D eigenvalue weighted by Gasteiger charge is 2.03. The predicted molar refractivity (Wildman–Crippen MR) is 99.3 cm³/mol. The van der Waals surface area contributed by atoms with Crippen LogP contribution in [0.15, 0.2) is 59.0 Å². The Morgan fingerprint density at radius 1 is 1.09 bits per heavy atom. The SMILES string of the molecule is CCc1ccc(C=NNc2nc(-c3ccc(C)cc3)cs2)cc1. The van der Waals surface area contributed by atoms with E-state index in [1.165, 1.54) is 11.1 Å². The minimum Gasteiger partial charge on any atom is -0.253 e. The summed E-state index contributed by atoms with van der Waals surface area (Å²) in [5.74, 6) is 0. The van der Waals surface area contributed by atoms with Crippen LogP contribution in [-0.2, 0) is 6.42 Å². The molecule has 0 amide bonds. The summed E-state index contributed by atoms with van der Waals surface area (Å²) >= 11 is 1.55. The number of benzene rings is 2. The maximum absolute atomic E-state index is 4.56. The third kappa shape index (κ3) is 4.05. The summed E-state index contributed by atoms with van der Waals surface area (Å²) in [5, 5.41) is 7.10. The fourth-order valence-corrected chi connectivity index (χ4v) is 2.85. The van der Waals surface area contributed by atoms with Gasteiger partial charge in [-0.05, 0) is 24.5 Å². The molecule has 3 aromatic rings. The predicted octanol–water partition coefficient (Wildman–Crippen LogP) is 5.13. The molecule has 1 aromatic heterocycles. The Kier molecular flexibility index (Phi) is 4.83. The molecule has 0 aliphatic rings. The van der Waals surface area contributed by atoms with Gasteiger partial charge in [-0.3, -0.25) is 5.43 Å². The highest BCUT2D eigenvalue weighted by atomic mass is 32.1. The molecule has 23 heavy (non-hydrogen) atoms. The van der Waals surface area contributed by atoms with Crippen molar-refractivity contribution in [1.29, 1.82) is 0 Å². The van der Waals surface area contributed by atoms with Crippen molar-refractivity contribution in [2.24, 2.45) is 5.10 Å². The number of hydrazone groups is 1. The summed E-state index contributed by atoms with van der Waals surface area (Å²) in [7, 11) is 0. The van der Waals surface area contributed by atoms with Crippen LogP contribution in [0.5, 0.6) is 0 Å². The van der Waals surface area contributed by atoms with E-state index in [0.29, 0.717) is 0 Å². The van der Waals surface area contributed by atoms with Gasteiger partial charge in [-0.25, -0.2) is 4.98 Å². The third-order valence-electron chi connectivity index (χ3n) is 3.61. The standard InChI is InChI=1S/C19H19N3S/c1-3-15-6-8-16(9-7-15)12-20-22-19-21-18(13-23-19)17-10-4-14(2)5-11-17/h4-13H,3H2,1-2H3,(H,21,22). The topological polar surface area (TPSA) is 37.3 Å². The molecule has 1 N–H and O–H groups in total. The summed E-state index contributed by atoms with van der Waals surface area (Å²) in [6, 6.07) is 16.8. The number of nitrogens with one attached hydrogen (secondary N) is 1. The molecule has 0 fully saturated rings. The first-order chi connectivity index (χ1) is 11.2. The smallest absolute Gasteiger partial charge is 0.203 e. The summed E-state index contributed by atoms with van der Waals surface area (Å²) in [6.07, 6.45) is 2.86. The average molecular weight is 321 g/mol. The summed E-state index contributed by atoms with van der Waals surface area (Å²) in [4.78, 5) is 4.56. The zero-order chi connectivity index (χ0) is 16.1. The van der Waals surface area contributed by atoms with Crippen molar-refractivity contribution < 1.29 is 0 Å². The Balaban J connectivity index is 1.64. The molecule has 3 rings (SSSR count). The van der Waals surface area contributed by atoms with Crippen LogP contribution in [0.1, 0.15) is 23.6 Å². The molecule has 116 valence electrons. The van der Waals surface area contributed by atoms with E-state index in [4.69, 9.17) is 0 Å². The Labute approximate surface area is 140 Å². The highest BCUT2D eigenvalue weighted by molar-refractivity contribution is 7.14. The van der Waals surface area contributed by atoms with Gasteiger partial charge in [-0.1, -0.05) is 61.0 Å². The first kappa shape index (κ1) is 15.4. The molecule has 0 saturated carbocycles. The maximum Gasteiger partial charge on any atom is 0.203 e. The van der Waals surface area contributed by atoms with Crippen molar-refractivity contribution in [2.75, 3.05) is 5.43 Å². The van der Waals surface area contributed by atoms with Gasteiger partial charge >= 0.3 is 0 Å². The van der Waals surface area contributed by atoms with Gasteiger partial charge in [0.05, 0.1) is 11.9 Å². The Morgan fingerprint density at radius 2 is 1.83 bits per heavy atom. The minimum atomic E-state index is 0.794. The van der Waals surface area contributed by atoms with Gasteiger partial charge in [0.2, 0.25) is 5.13 Å². The summed E-state index contributed by atoms with van der Waals surface area (Å²) < 4.78 is 0. The monoisotopic (exact) mass is 321 g/mol. The number of anilines is 1. The van der Waals surface area contributed by atoms with Crippen molar-refractivity contribution in [3.63, 3.8) is 0 Å². The quantitative estimate of drug-likeness (QED) is 0.522. The number of aryl methyl sites for hydroxylation is 2. The summed E-state index contributed by atoms with van der Waals surface area (Å²) in [5.41, 5.74) is 8.75. The van der Waals surface area contributed by atoms with Crippen LogP contribution in [0.25, 0.3) is 11.3 Å². The lowest BCUT2D eigenvalue weighted by atomic mass is 10.1. The minimum absolute atomic E-state index is 0.794. The average Bonchev–Trinajstić information content (AvgIpc) is 3.05. The molecule has 0 aliphatic carbocycles. The van der Waals surface area contributed by atoms with E-state index in [0.717, 1.165) is 28.4 Å². The molecule has 0 bridgehead atoms. The molecule has 0 unspecified atom stereocenters. The highest BCUT2D eigenvalue weighted by Crippen LogP contribution is 2.25. The number of hydrogen-bond acceptors (Lipinski definition) is 4. The molecule has 4 heteroatoms. The van der Waals surface area contributed by atoms with E-state index in [-0.39, 0.29) is 0 Å². The van der Waals surface area contributed by atoms with Gasteiger partial charge in [-0.2, -0.15) is 5.10 Å². The molecule has 0 atom stereocenters. The number of aromatic nitrogens is 1. The Bertz CT molecular complexity index is 786. The normalized spacial score (nSPS) is 11.0. The lowest BCUT2D eigenvalue weighted by molar-refractivity contribution is 1.14. The molecule has 1 heterocycles. The molecule has 0 spiro atoms. The van der Waals surface area contributed by atoms with E-state index >= 15 is 0 Å². The molecule has 0 aliphatic heterocycles. The van der Waals surface area contributed by atoms with Crippen LogP contribution in [0.4, 0.5) is 5.13 Å². The first-order valence-electron chi connectivity index (χ1n) is 7.65. The Morgan fingerprint density at radius 3 is 2.52 bits per heavy atom. The first-order valence-corrected chi connectivity index (χ1v) is 8.53. The lowest BCUT2D eigenvalue weighted by Crippen LogP contribution is -1.90. The third-order valence-corrected chi connectivity index (χ3v) is 4.36. The van der Waals surface area contributed by atoms with Gasteiger partial charge < -0.3 is 0 Å². The summed E-state index contributed by atoms with van der Waals surface area (Å²) in [6.45, 7) is 4.23. The van der Waals surface area contributed by atoms with Crippen molar-refractivity contribution in [3.05, 3.63) is 70.6 Å². The zero-order valence-electron chi connectivity index (χ0n) is 13.3. The van der Waals surface area contributed by atoms with E-state index < -0.39 is 0 Å². The lowest BCUT2D eigenvalue weighted by Gasteiger charge is -1.98. The molecule has 3 nitrogen and oxygen atoms in total. The van der Waals surface area contributed by atoms with Crippen LogP contribution in [-0.4, -0.2) is 11.2 Å². The van der Waals surface area contributed by atoms with Crippen LogP contribution in [0.2, 0.25) is 0 Å². The largest absolute Gasteiger partial charge is 0.253 e.